The van der Waals surface area contributed by atoms with Crippen LogP contribution in [-0.4, -0.2) is 34.2 Å². The number of hydrogen-bond acceptors (Lipinski definition) is 6. The molecular weight excluding hydrogens is 565 g/mol. The number of benzene rings is 3. The van der Waals surface area contributed by atoms with Crippen molar-refractivity contribution in [3.8, 4) is 28.7 Å². The van der Waals surface area contributed by atoms with E-state index >= 15 is 0 Å². The van der Waals surface area contributed by atoms with Gasteiger partial charge in [-0.3, -0.25) is 9.88 Å². The van der Waals surface area contributed by atoms with Gasteiger partial charge >= 0.3 is 0 Å². The molecule has 1 saturated heterocycles. The summed E-state index contributed by atoms with van der Waals surface area (Å²) in [7, 11) is 0. The molecule has 2 aliphatic rings. The van der Waals surface area contributed by atoms with Gasteiger partial charge in [-0.05, 0) is 73.1 Å². The molecule has 1 N–H and O–H groups in total. The van der Waals surface area contributed by atoms with Crippen LogP contribution in [0.25, 0.3) is 11.1 Å². The predicted octanol–water partition coefficient (Wildman–Crippen LogP) is 7.32. The lowest BCUT2D eigenvalue weighted by atomic mass is 9.93. The SMILES string of the molecule is Cc1cccc(F)c1-c1cccc2c1CC[C@@H]2Oc1cc(OCc2cncc(C#N)c2)c(CN2CCC(O)CC2)cc1Cl. The summed E-state index contributed by atoms with van der Waals surface area (Å²) in [6.07, 6.45) is 5.68. The maximum atomic E-state index is 14.9. The first-order valence-electron chi connectivity index (χ1n) is 14.6. The van der Waals surface area contributed by atoms with Crippen LogP contribution in [0.4, 0.5) is 4.39 Å². The number of piperidine rings is 1. The fourth-order valence-electron chi connectivity index (χ4n) is 6.13. The molecule has 1 aliphatic carbocycles. The molecule has 0 bridgehead atoms. The molecule has 8 heteroatoms. The Balaban J connectivity index is 1.29. The van der Waals surface area contributed by atoms with Crippen molar-refractivity contribution in [3.63, 3.8) is 0 Å². The van der Waals surface area contributed by atoms with Gasteiger partial charge in [-0.2, -0.15) is 5.26 Å². The van der Waals surface area contributed by atoms with Crippen LogP contribution >= 0.6 is 11.6 Å². The number of rotatable bonds is 8. The Kier molecular flexibility index (Phi) is 8.62. The van der Waals surface area contributed by atoms with Crippen molar-refractivity contribution in [2.75, 3.05) is 13.1 Å². The molecule has 0 amide bonds. The topological polar surface area (TPSA) is 78.6 Å². The quantitative estimate of drug-likeness (QED) is 0.229. The summed E-state index contributed by atoms with van der Waals surface area (Å²) in [5.74, 6) is 0.933. The van der Waals surface area contributed by atoms with Crippen molar-refractivity contribution >= 4 is 11.6 Å². The number of aliphatic hydroxyl groups is 1. The summed E-state index contributed by atoms with van der Waals surface area (Å²) in [6, 6.07) is 18.8. The smallest absolute Gasteiger partial charge is 0.142 e. The third kappa shape index (κ3) is 6.37. The van der Waals surface area contributed by atoms with Crippen molar-refractivity contribution in [2.45, 2.75) is 58.0 Å². The Morgan fingerprint density at radius 3 is 2.67 bits per heavy atom. The monoisotopic (exact) mass is 597 g/mol. The highest BCUT2D eigenvalue weighted by Gasteiger charge is 2.29. The van der Waals surface area contributed by atoms with Crippen LogP contribution in [0, 0.1) is 24.1 Å². The number of aromatic nitrogens is 1. The van der Waals surface area contributed by atoms with Crippen LogP contribution in [0.2, 0.25) is 5.02 Å². The zero-order chi connectivity index (χ0) is 29.9. The van der Waals surface area contributed by atoms with Crippen molar-refractivity contribution in [1.29, 1.82) is 5.26 Å². The van der Waals surface area contributed by atoms with Crippen LogP contribution < -0.4 is 9.47 Å². The molecule has 0 saturated carbocycles. The van der Waals surface area contributed by atoms with E-state index < -0.39 is 0 Å². The van der Waals surface area contributed by atoms with Crippen LogP contribution in [0.3, 0.4) is 0 Å². The van der Waals surface area contributed by atoms with E-state index in [1.54, 1.807) is 18.3 Å². The highest BCUT2D eigenvalue weighted by atomic mass is 35.5. The minimum atomic E-state index is -0.261. The molecule has 6 rings (SSSR count). The minimum Gasteiger partial charge on any atom is -0.488 e. The normalized spacial score (nSPS) is 17.0. The number of ether oxygens (including phenoxy) is 2. The lowest BCUT2D eigenvalue weighted by Gasteiger charge is -2.30. The summed E-state index contributed by atoms with van der Waals surface area (Å²) < 4.78 is 27.8. The Morgan fingerprint density at radius 1 is 1.07 bits per heavy atom. The van der Waals surface area contributed by atoms with Crippen molar-refractivity contribution in [1.82, 2.24) is 9.88 Å². The van der Waals surface area contributed by atoms with Gasteiger partial charge in [0, 0.05) is 54.8 Å². The molecule has 1 aliphatic heterocycles. The first-order valence-corrected chi connectivity index (χ1v) is 15.0. The maximum Gasteiger partial charge on any atom is 0.142 e. The van der Waals surface area contributed by atoms with Gasteiger partial charge in [0.1, 0.15) is 36.1 Å². The van der Waals surface area contributed by atoms with Gasteiger partial charge in [-0.15, -0.1) is 0 Å². The predicted molar refractivity (Wildman–Crippen MR) is 164 cm³/mol. The molecule has 2 heterocycles. The molecular formula is C35H33ClFN3O3. The van der Waals surface area contributed by atoms with Crippen LogP contribution in [0.1, 0.15) is 58.7 Å². The minimum absolute atomic E-state index is 0.225. The average molecular weight is 598 g/mol. The Hall–Kier alpha value is -3.96. The van der Waals surface area contributed by atoms with Crippen molar-refractivity contribution in [2.24, 2.45) is 0 Å². The molecule has 6 nitrogen and oxygen atoms in total. The number of fused-ring (bicyclic) bond motifs is 1. The average Bonchev–Trinajstić information content (AvgIpc) is 3.42. The fraction of sp³-hybridized carbons (Fsp3) is 0.314. The molecule has 4 aromatic rings. The van der Waals surface area contributed by atoms with Crippen LogP contribution in [-0.2, 0) is 19.6 Å². The van der Waals surface area contributed by atoms with Gasteiger partial charge in [0.25, 0.3) is 0 Å². The lowest BCUT2D eigenvalue weighted by Crippen LogP contribution is -2.35. The standard InChI is InChI=1S/C35H33ClFN3O3/c1-22-4-2-7-31(37)35(22)29-6-3-5-28-27(29)8-9-32(28)43-34-16-33(42-21-24-14-23(17-38)18-39-19-24)25(15-30(34)36)20-40-12-10-26(41)11-13-40/h2-7,14-16,18-19,26,32,41H,8-13,20-21H2,1H3/t32-/m0/s1. The van der Waals surface area contributed by atoms with Gasteiger partial charge < -0.3 is 14.6 Å². The lowest BCUT2D eigenvalue weighted by molar-refractivity contribution is 0.0787. The maximum absolute atomic E-state index is 14.9. The van der Waals surface area contributed by atoms with E-state index in [0.29, 0.717) is 34.2 Å². The first-order chi connectivity index (χ1) is 20.9. The molecule has 0 spiro atoms. The summed E-state index contributed by atoms with van der Waals surface area (Å²) in [6.45, 7) is 4.35. The van der Waals surface area contributed by atoms with E-state index in [0.717, 1.165) is 72.2 Å². The van der Waals surface area contributed by atoms with E-state index in [1.807, 2.05) is 43.3 Å². The van der Waals surface area contributed by atoms with Gasteiger partial charge in [0.15, 0.2) is 0 Å². The summed E-state index contributed by atoms with van der Waals surface area (Å²) in [5, 5.41) is 19.7. The number of nitrogens with zero attached hydrogens (tertiary/aromatic N) is 3. The Morgan fingerprint density at radius 2 is 1.88 bits per heavy atom. The highest BCUT2D eigenvalue weighted by Crippen LogP contribution is 2.44. The molecule has 0 unspecified atom stereocenters. The van der Waals surface area contributed by atoms with E-state index in [4.69, 9.17) is 21.1 Å². The van der Waals surface area contributed by atoms with E-state index in [1.165, 1.54) is 12.3 Å². The summed E-state index contributed by atoms with van der Waals surface area (Å²) in [5.41, 5.74) is 6.75. The molecule has 220 valence electrons. The number of aliphatic hydroxyl groups excluding tert-OH is 1. The van der Waals surface area contributed by atoms with Crippen LogP contribution in [0.5, 0.6) is 11.5 Å². The third-order valence-corrected chi connectivity index (χ3v) is 8.66. The molecule has 1 aromatic heterocycles. The number of nitriles is 1. The van der Waals surface area contributed by atoms with Gasteiger partial charge in [-0.1, -0.05) is 41.9 Å². The number of likely N-dealkylation sites (tertiary alicyclic amines) is 1. The zero-order valence-electron chi connectivity index (χ0n) is 24.0. The molecule has 1 fully saturated rings. The molecule has 0 radical (unpaired) electrons. The third-order valence-electron chi connectivity index (χ3n) is 8.36. The molecule has 3 aromatic carbocycles. The second kappa shape index (κ2) is 12.7. The molecule has 43 heavy (non-hydrogen) atoms. The second-order valence-corrected chi connectivity index (χ2v) is 11.7. The number of hydrogen-bond donors (Lipinski definition) is 1. The Labute approximate surface area is 256 Å². The largest absolute Gasteiger partial charge is 0.488 e. The van der Waals surface area contributed by atoms with Gasteiger partial charge in [0.05, 0.1) is 16.7 Å². The van der Waals surface area contributed by atoms with Gasteiger partial charge in [0.2, 0.25) is 0 Å². The number of aryl methyl sites for hydroxylation is 1. The Bertz CT molecular complexity index is 1660. The first kappa shape index (κ1) is 29.1. The number of halogens is 2. The summed E-state index contributed by atoms with van der Waals surface area (Å²) in [4.78, 5) is 6.43. The van der Waals surface area contributed by atoms with Crippen LogP contribution in [0.15, 0.2) is 67.0 Å². The van der Waals surface area contributed by atoms with E-state index in [-0.39, 0.29) is 24.6 Å². The van der Waals surface area contributed by atoms with Gasteiger partial charge in [-0.25, -0.2) is 4.39 Å². The number of pyridine rings is 1. The highest BCUT2D eigenvalue weighted by molar-refractivity contribution is 6.32. The van der Waals surface area contributed by atoms with Crippen molar-refractivity contribution in [3.05, 3.63) is 111 Å². The van der Waals surface area contributed by atoms with E-state index in [2.05, 4.69) is 16.0 Å². The van der Waals surface area contributed by atoms with E-state index in [9.17, 15) is 14.8 Å². The second-order valence-electron chi connectivity index (χ2n) is 11.3. The fourth-order valence-corrected chi connectivity index (χ4v) is 6.36. The molecule has 1 atom stereocenters. The zero-order valence-corrected chi connectivity index (χ0v) is 24.8. The van der Waals surface area contributed by atoms with Crippen molar-refractivity contribution < 1.29 is 19.0 Å². The summed E-state index contributed by atoms with van der Waals surface area (Å²) >= 11 is 6.84.